The van der Waals surface area contributed by atoms with Gasteiger partial charge in [-0.15, -0.1) is 0 Å². The third-order valence-electron chi connectivity index (χ3n) is 3.19. The van der Waals surface area contributed by atoms with Crippen LogP contribution in [0.2, 0.25) is 0 Å². The average Bonchev–Trinajstić information content (AvgIpc) is 3.08. The van der Waals surface area contributed by atoms with Gasteiger partial charge in [0.25, 0.3) is 0 Å². The molecule has 0 unspecified atom stereocenters. The van der Waals surface area contributed by atoms with Crippen molar-refractivity contribution >= 4 is 5.97 Å². The van der Waals surface area contributed by atoms with Crippen LogP contribution in [0.25, 0.3) is 5.69 Å². The standard InChI is InChI=1S/C14H14N2O2/c1-9-3-2-4-11(7-9)16-13(14(17)18)8-12(15-16)10-5-6-10/h2-4,7-8,10H,5-6H2,1H3,(H,17,18). The number of aryl methyl sites for hydroxylation is 1. The van der Waals surface area contributed by atoms with Gasteiger partial charge in [-0.05, 0) is 43.5 Å². The second-order valence-corrected chi connectivity index (χ2v) is 4.78. The van der Waals surface area contributed by atoms with Crippen LogP contribution in [-0.4, -0.2) is 20.9 Å². The smallest absolute Gasteiger partial charge is 0.354 e. The quantitative estimate of drug-likeness (QED) is 0.900. The summed E-state index contributed by atoms with van der Waals surface area (Å²) in [6, 6.07) is 9.41. The Morgan fingerprint density at radius 3 is 2.78 bits per heavy atom. The number of rotatable bonds is 3. The van der Waals surface area contributed by atoms with Crippen LogP contribution in [0.3, 0.4) is 0 Å². The molecule has 4 nitrogen and oxygen atoms in total. The molecule has 1 aromatic carbocycles. The molecule has 3 rings (SSSR count). The van der Waals surface area contributed by atoms with Gasteiger partial charge in [0.15, 0.2) is 5.69 Å². The van der Waals surface area contributed by atoms with Crippen molar-refractivity contribution in [3.8, 4) is 5.69 Å². The highest BCUT2D eigenvalue weighted by Crippen LogP contribution is 2.39. The number of benzene rings is 1. The molecule has 4 heteroatoms. The van der Waals surface area contributed by atoms with Crippen LogP contribution in [0, 0.1) is 6.92 Å². The summed E-state index contributed by atoms with van der Waals surface area (Å²) in [7, 11) is 0. The van der Waals surface area contributed by atoms with Gasteiger partial charge in [-0.3, -0.25) is 0 Å². The Kier molecular flexibility index (Phi) is 2.44. The monoisotopic (exact) mass is 242 g/mol. The van der Waals surface area contributed by atoms with E-state index in [9.17, 15) is 9.90 Å². The van der Waals surface area contributed by atoms with E-state index in [0.717, 1.165) is 29.8 Å². The van der Waals surface area contributed by atoms with Crippen LogP contribution in [0.15, 0.2) is 30.3 Å². The van der Waals surface area contributed by atoms with Crippen molar-refractivity contribution in [2.75, 3.05) is 0 Å². The molecule has 0 saturated heterocycles. The number of nitrogens with zero attached hydrogens (tertiary/aromatic N) is 2. The molecule has 18 heavy (non-hydrogen) atoms. The highest BCUT2D eigenvalue weighted by Gasteiger charge is 2.28. The molecule has 92 valence electrons. The fourth-order valence-electron chi connectivity index (χ4n) is 2.09. The topological polar surface area (TPSA) is 55.1 Å². The van der Waals surface area contributed by atoms with Gasteiger partial charge < -0.3 is 5.11 Å². The molecule has 1 saturated carbocycles. The molecule has 0 spiro atoms. The molecule has 1 aliphatic carbocycles. The summed E-state index contributed by atoms with van der Waals surface area (Å²) < 4.78 is 1.53. The fourth-order valence-corrected chi connectivity index (χ4v) is 2.09. The summed E-state index contributed by atoms with van der Waals surface area (Å²) >= 11 is 0. The number of carboxylic acids is 1. The zero-order valence-electron chi connectivity index (χ0n) is 10.1. The number of aromatic nitrogens is 2. The van der Waals surface area contributed by atoms with Gasteiger partial charge in [0.2, 0.25) is 0 Å². The lowest BCUT2D eigenvalue weighted by Crippen LogP contribution is -2.07. The van der Waals surface area contributed by atoms with Gasteiger partial charge >= 0.3 is 5.97 Å². The van der Waals surface area contributed by atoms with E-state index >= 15 is 0 Å². The van der Waals surface area contributed by atoms with Crippen LogP contribution in [0.5, 0.6) is 0 Å². The van der Waals surface area contributed by atoms with Crippen molar-refractivity contribution in [2.24, 2.45) is 0 Å². The van der Waals surface area contributed by atoms with Crippen LogP contribution >= 0.6 is 0 Å². The summed E-state index contributed by atoms with van der Waals surface area (Å²) in [5.41, 5.74) is 3.03. The maximum Gasteiger partial charge on any atom is 0.354 e. The maximum absolute atomic E-state index is 11.3. The zero-order valence-corrected chi connectivity index (χ0v) is 10.1. The summed E-state index contributed by atoms with van der Waals surface area (Å²) in [6.45, 7) is 1.98. The van der Waals surface area contributed by atoms with Crippen molar-refractivity contribution in [1.29, 1.82) is 0 Å². The first-order valence-electron chi connectivity index (χ1n) is 6.05. The van der Waals surface area contributed by atoms with Gasteiger partial charge in [0.1, 0.15) is 0 Å². The Balaban J connectivity index is 2.11. The lowest BCUT2D eigenvalue weighted by atomic mass is 10.2. The highest BCUT2D eigenvalue weighted by atomic mass is 16.4. The molecule has 1 N–H and O–H groups in total. The van der Waals surface area contributed by atoms with Crippen LogP contribution in [-0.2, 0) is 0 Å². The van der Waals surface area contributed by atoms with Crippen molar-refractivity contribution in [3.63, 3.8) is 0 Å². The highest BCUT2D eigenvalue weighted by molar-refractivity contribution is 5.86. The summed E-state index contributed by atoms with van der Waals surface area (Å²) in [4.78, 5) is 11.3. The molecule has 0 radical (unpaired) electrons. The van der Waals surface area contributed by atoms with E-state index in [1.54, 1.807) is 6.07 Å². The lowest BCUT2D eigenvalue weighted by molar-refractivity contribution is 0.0687. The molecule has 1 heterocycles. The lowest BCUT2D eigenvalue weighted by Gasteiger charge is -2.05. The normalized spacial score (nSPS) is 14.7. The minimum atomic E-state index is -0.934. The van der Waals surface area contributed by atoms with Crippen LogP contribution in [0.1, 0.15) is 40.5 Å². The van der Waals surface area contributed by atoms with Crippen LogP contribution < -0.4 is 0 Å². The minimum absolute atomic E-state index is 0.238. The van der Waals surface area contributed by atoms with Crippen LogP contribution in [0.4, 0.5) is 0 Å². The van der Waals surface area contributed by atoms with Crippen molar-refractivity contribution in [2.45, 2.75) is 25.7 Å². The van der Waals surface area contributed by atoms with E-state index in [-0.39, 0.29) is 5.69 Å². The number of hydrogen-bond acceptors (Lipinski definition) is 2. The second kappa shape index (κ2) is 3.98. The van der Waals surface area contributed by atoms with E-state index in [0.29, 0.717) is 5.92 Å². The Morgan fingerprint density at radius 1 is 1.39 bits per heavy atom. The number of carboxylic acid groups (broad SMARTS) is 1. The Labute approximate surface area is 105 Å². The molecule has 2 aromatic rings. The third-order valence-corrected chi connectivity index (χ3v) is 3.19. The van der Waals surface area contributed by atoms with E-state index < -0.39 is 5.97 Å². The average molecular weight is 242 g/mol. The third kappa shape index (κ3) is 1.90. The SMILES string of the molecule is Cc1cccc(-n2nc(C3CC3)cc2C(=O)O)c1. The molecule has 1 aliphatic rings. The molecule has 1 fully saturated rings. The second-order valence-electron chi connectivity index (χ2n) is 4.78. The largest absolute Gasteiger partial charge is 0.477 e. The predicted octanol–water partition coefficient (Wildman–Crippen LogP) is 2.76. The molecule has 1 aromatic heterocycles. The Hall–Kier alpha value is -2.10. The van der Waals surface area contributed by atoms with Gasteiger partial charge in [0.05, 0.1) is 11.4 Å². The van der Waals surface area contributed by atoms with E-state index in [4.69, 9.17) is 0 Å². The predicted molar refractivity (Wildman–Crippen MR) is 67.2 cm³/mol. The Bertz CT molecular complexity index is 612. The molecule has 0 aliphatic heterocycles. The number of carbonyl (C=O) groups is 1. The van der Waals surface area contributed by atoms with E-state index in [2.05, 4.69) is 5.10 Å². The number of aromatic carboxylic acids is 1. The minimum Gasteiger partial charge on any atom is -0.477 e. The first kappa shape index (κ1) is 11.0. The molecule has 0 amide bonds. The van der Waals surface area contributed by atoms with Crippen molar-refractivity contribution in [3.05, 3.63) is 47.3 Å². The molecule has 0 atom stereocenters. The molecule has 0 bridgehead atoms. The van der Waals surface area contributed by atoms with Gasteiger partial charge in [-0.25, -0.2) is 9.48 Å². The van der Waals surface area contributed by atoms with E-state index in [1.807, 2.05) is 31.2 Å². The first-order valence-corrected chi connectivity index (χ1v) is 6.05. The van der Waals surface area contributed by atoms with Gasteiger partial charge in [-0.1, -0.05) is 12.1 Å². The van der Waals surface area contributed by atoms with Gasteiger partial charge in [0, 0.05) is 5.92 Å². The molecular weight excluding hydrogens is 228 g/mol. The molecular formula is C14H14N2O2. The maximum atomic E-state index is 11.3. The zero-order chi connectivity index (χ0) is 12.7. The fraction of sp³-hybridized carbons (Fsp3) is 0.286. The van der Waals surface area contributed by atoms with Crippen molar-refractivity contribution in [1.82, 2.24) is 9.78 Å². The first-order chi connectivity index (χ1) is 8.65. The van der Waals surface area contributed by atoms with Crippen molar-refractivity contribution < 1.29 is 9.90 Å². The summed E-state index contributed by atoms with van der Waals surface area (Å²) in [5, 5.41) is 13.7. The summed E-state index contributed by atoms with van der Waals surface area (Å²) in [6.07, 6.45) is 2.23. The summed E-state index contributed by atoms with van der Waals surface area (Å²) in [5.74, 6) is -0.481. The Morgan fingerprint density at radius 2 is 2.17 bits per heavy atom. The van der Waals surface area contributed by atoms with Gasteiger partial charge in [-0.2, -0.15) is 5.10 Å². The van der Waals surface area contributed by atoms with E-state index in [1.165, 1.54) is 4.68 Å². The number of hydrogen-bond donors (Lipinski definition) is 1.